The lowest BCUT2D eigenvalue weighted by Crippen LogP contribution is -2.43. The molecule has 2 aromatic heterocycles. The lowest BCUT2D eigenvalue weighted by molar-refractivity contribution is 0.0672. The van der Waals surface area contributed by atoms with Crippen LogP contribution in [0, 0.1) is 11.8 Å². The molecule has 1 aliphatic rings. The standard InChI is InChI=1S/C26H32FN3O2S/c1-32-21-5-7-26-24(15-21)23(8-11-29-26)25(27)6-4-19-9-12-30(17-20(19)18-31)13-14-33-22-3-2-10-28-16-22/h2-3,5,7-8,10-11,15-16,19-20,25,31H,4,6,9,12-14,17-18H2,1H3/t19-,20-,25-/m1/s1. The van der Waals surface area contributed by atoms with Crippen LogP contribution in [0.3, 0.4) is 0 Å². The highest BCUT2D eigenvalue weighted by atomic mass is 32.2. The summed E-state index contributed by atoms with van der Waals surface area (Å²) in [6.07, 6.45) is 6.53. The molecule has 0 radical (unpaired) electrons. The van der Waals surface area contributed by atoms with E-state index >= 15 is 4.39 Å². The molecule has 3 aromatic rings. The van der Waals surface area contributed by atoms with Crippen LogP contribution in [0.4, 0.5) is 4.39 Å². The maximum absolute atomic E-state index is 15.3. The molecule has 0 spiro atoms. The van der Waals surface area contributed by atoms with E-state index in [4.69, 9.17) is 4.74 Å². The fourth-order valence-corrected chi connectivity index (χ4v) is 5.63. The van der Waals surface area contributed by atoms with Crippen molar-refractivity contribution >= 4 is 22.7 Å². The second-order valence-corrected chi connectivity index (χ2v) is 9.83. The highest BCUT2D eigenvalue weighted by Crippen LogP contribution is 2.35. The number of hydrogen-bond acceptors (Lipinski definition) is 6. The molecule has 3 heterocycles. The van der Waals surface area contributed by atoms with Gasteiger partial charge in [0.05, 0.1) is 12.6 Å². The van der Waals surface area contributed by atoms with Crippen molar-refractivity contribution in [2.75, 3.05) is 39.1 Å². The molecule has 0 bridgehead atoms. The van der Waals surface area contributed by atoms with Gasteiger partial charge in [0.1, 0.15) is 11.9 Å². The van der Waals surface area contributed by atoms with Crippen molar-refractivity contribution < 1.29 is 14.2 Å². The summed E-state index contributed by atoms with van der Waals surface area (Å²) < 4.78 is 20.7. The average Bonchev–Trinajstić information content (AvgIpc) is 2.87. The van der Waals surface area contributed by atoms with Gasteiger partial charge in [0.2, 0.25) is 0 Å². The number of aliphatic hydroxyl groups is 1. The lowest BCUT2D eigenvalue weighted by Gasteiger charge is -2.38. The Balaban J connectivity index is 1.30. The summed E-state index contributed by atoms with van der Waals surface area (Å²) in [5, 5.41) is 10.8. The summed E-state index contributed by atoms with van der Waals surface area (Å²) in [4.78, 5) is 12.1. The molecule has 176 valence electrons. The third-order valence-corrected chi connectivity index (χ3v) is 7.59. The first-order valence-electron chi connectivity index (χ1n) is 11.6. The van der Waals surface area contributed by atoms with Gasteiger partial charge in [-0.15, -0.1) is 11.8 Å². The third-order valence-electron chi connectivity index (χ3n) is 6.63. The normalized spacial score (nSPS) is 20.1. The number of benzene rings is 1. The number of hydrogen-bond donors (Lipinski definition) is 1. The molecule has 4 rings (SSSR count). The predicted molar refractivity (Wildman–Crippen MR) is 131 cm³/mol. The second kappa shape index (κ2) is 11.8. The largest absolute Gasteiger partial charge is 0.497 e. The smallest absolute Gasteiger partial charge is 0.126 e. The number of halogens is 1. The molecule has 0 aliphatic carbocycles. The molecule has 0 unspecified atom stereocenters. The van der Waals surface area contributed by atoms with E-state index in [2.05, 4.69) is 20.9 Å². The van der Waals surface area contributed by atoms with Crippen LogP contribution in [0.15, 0.2) is 59.9 Å². The van der Waals surface area contributed by atoms with Crippen LogP contribution in [-0.4, -0.2) is 59.1 Å². The summed E-state index contributed by atoms with van der Waals surface area (Å²) in [5.74, 6) is 2.25. The van der Waals surface area contributed by atoms with Gasteiger partial charge in [-0.25, -0.2) is 4.39 Å². The number of thioether (sulfide) groups is 1. The van der Waals surface area contributed by atoms with E-state index in [-0.39, 0.29) is 12.5 Å². The van der Waals surface area contributed by atoms with Crippen molar-refractivity contribution in [1.82, 2.24) is 14.9 Å². The van der Waals surface area contributed by atoms with Gasteiger partial charge in [-0.1, -0.05) is 0 Å². The third kappa shape index (κ3) is 6.22. The van der Waals surface area contributed by atoms with Crippen molar-refractivity contribution in [2.45, 2.75) is 30.3 Å². The van der Waals surface area contributed by atoms with E-state index in [1.165, 1.54) is 4.90 Å². The molecule has 1 N–H and O–H groups in total. The molecule has 1 saturated heterocycles. The number of ether oxygens (including phenoxy) is 1. The Morgan fingerprint density at radius 2 is 2.15 bits per heavy atom. The van der Waals surface area contributed by atoms with Crippen LogP contribution in [0.5, 0.6) is 5.75 Å². The zero-order valence-corrected chi connectivity index (χ0v) is 19.9. The van der Waals surface area contributed by atoms with Crippen LogP contribution in [0.25, 0.3) is 10.9 Å². The molecule has 5 nitrogen and oxygen atoms in total. The Morgan fingerprint density at radius 1 is 1.24 bits per heavy atom. The maximum atomic E-state index is 15.3. The topological polar surface area (TPSA) is 58.5 Å². The SMILES string of the molecule is COc1ccc2nccc([C@H](F)CC[C@@H]3CCN(CCSc4cccnc4)C[C@@H]3CO)c2c1. The lowest BCUT2D eigenvalue weighted by atomic mass is 9.81. The van der Waals surface area contributed by atoms with Gasteiger partial charge in [-0.05, 0) is 79.6 Å². The van der Waals surface area contributed by atoms with Crippen molar-refractivity contribution in [3.8, 4) is 5.75 Å². The zero-order chi connectivity index (χ0) is 23.0. The monoisotopic (exact) mass is 469 g/mol. The molecule has 3 atom stereocenters. The number of pyridine rings is 2. The molecule has 1 fully saturated rings. The quantitative estimate of drug-likeness (QED) is 0.414. The first-order chi connectivity index (χ1) is 16.2. The first-order valence-corrected chi connectivity index (χ1v) is 12.6. The molecule has 1 aliphatic heterocycles. The Labute approximate surface area is 199 Å². The van der Waals surface area contributed by atoms with Gasteiger partial charge in [0.25, 0.3) is 0 Å². The Kier molecular flexibility index (Phi) is 8.53. The van der Waals surface area contributed by atoms with E-state index in [1.54, 1.807) is 25.6 Å². The summed E-state index contributed by atoms with van der Waals surface area (Å²) in [5.41, 5.74) is 1.45. The van der Waals surface area contributed by atoms with Gasteiger partial charge >= 0.3 is 0 Å². The maximum Gasteiger partial charge on any atom is 0.126 e. The molecule has 1 aromatic carbocycles. The van der Waals surface area contributed by atoms with E-state index in [1.807, 2.05) is 42.2 Å². The summed E-state index contributed by atoms with van der Waals surface area (Å²) in [7, 11) is 1.61. The minimum Gasteiger partial charge on any atom is -0.497 e. The molecular weight excluding hydrogens is 437 g/mol. The van der Waals surface area contributed by atoms with Crippen LogP contribution in [0.1, 0.15) is 31.0 Å². The number of piperidine rings is 1. The second-order valence-electron chi connectivity index (χ2n) is 8.66. The fraction of sp³-hybridized carbons (Fsp3) is 0.462. The number of aliphatic hydroxyl groups excluding tert-OH is 1. The molecule has 0 amide bonds. The molecule has 33 heavy (non-hydrogen) atoms. The number of aromatic nitrogens is 2. The first kappa shape index (κ1) is 23.9. The van der Waals surface area contributed by atoms with Crippen molar-refractivity contribution in [2.24, 2.45) is 11.8 Å². The number of alkyl halides is 1. The van der Waals surface area contributed by atoms with E-state index in [0.717, 1.165) is 49.1 Å². The molecule has 7 heteroatoms. The molecular formula is C26H32FN3O2S. The molecule has 0 saturated carbocycles. The van der Waals surface area contributed by atoms with Gasteiger partial charge in [-0.3, -0.25) is 9.97 Å². The number of methoxy groups -OCH3 is 1. The van der Waals surface area contributed by atoms with Crippen molar-refractivity contribution in [3.05, 3.63) is 60.6 Å². The van der Waals surface area contributed by atoms with E-state index < -0.39 is 6.17 Å². The Morgan fingerprint density at radius 3 is 2.94 bits per heavy atom. The van der Waals surface area contributed by atoms with Crippen LogP contribution >= 0.6 is 11.8 Å². The summed E-state index contributed by atoms with van der Waals surface area (Å²) in [6, 6.07) is 11.4. The van der Waals surface area contributed by atoms with Crippen LogP contribution in [0.2, 0.25) is 0 Å². The van der Waals surface area contributed by atoms with E-state index in [9.17, 15) is 5.11 Å². The number of rotatable bonds is 10. The number of nitrogens with zero attached hydrogens (tertiary/aromatic N) is 3. The van der Waals surface area contributed by atoms with E-state index in [0.29, 0.717) is 23.7 Å². The highest BCUT2D eigenvalue weighted by molar-refractivity contribution is 7.99. The van der Waals surface area contributed by atoms with Crippen molar-refractivity contribution in [3.63, 3.8) is 0 Å². The highest BCUT2D eigenvalue weighted by Gasteiger charge is 2.29. The van der Waals surface area contributed by atoms with Crippen molar-refractivity contribution in [1.29, 1.82) is 0 Å². The number of likely N-dealkylation sites (tertiary alicyclic amines) is 1. The zero-order valence-electron chi connectivity index (χ0n) is 19.1. The average molecular weight is 470 g/mol. The fourth-order valence-electron chi connectivity index (χ4n) is 4.73. The minimum atomic E-state index is -1.06. The van der Waals surface area contributed by atoms with Crippen LogP contribution in [-0.2, 0) is 0 Å². The minimum absolute atomic E-state index is 0.156. The van der Waals surface area contributed by atoms with Gasteiger partial charge in [0.15, 0.2) is 0 Å². The predicted octanol–water partition coefficient (Wildman–Crippen LogP) is 5.15. The Bertz CT molecular complexity index is 1020. The Hall–Kier alpha value is -2.22. The van der Waals surface area contributed by atoms with Gasteiger partial charge < -0.3 is 14.7 Å². The number of fused-ring (bicyclic) bond motifs is 1. The summed E-state index contributed by atoms with van der Waals surface area (Å²) in [6.45, 7) is 3.02. The van der Waals surface area contributed by atoms with Gasteiger partial charge in [-0.2, -0.15) is 0 Å². The van der Waals surface area contributed by atoms with Gasteiger partial charge in [0, 0.05) is 54.3 Å². The summed E-state index contributed by atoms with van der Waals surface area (Å²) >= 11 is 1.81. The van der Waals surface area contributed by atoms with Crippen LogP contribution < -0.4 is 4.74 Å².